The van der Waals surface area contributed by atoms with Crippen LogP contribution in [-0.4, -0.2) is 46.0 Å². The zero-order valence-corrected chi connectivity index (χ0v) is 17.7. The number of guanidine groups is 1. The van der Waals surface area contributed by atoms with Crippen LogP contribution in [0.5, 0.6) is 5.75 Å². The number of hydrogen-bond donors (Lipinski definition) is 2. The molecule has 0 aliphatic heterocycles. The summed E-state index contributed by atoms with van der Waals surface area (Å²) >= 11 is 0. The lowest BCUT2D eigenvalue weighted by Crippen LogP contribution is -2.38. The summed E-state index contributed by atoms with van der Waals surface area (Å²) in [5.41, 5.74) is 3.42. The molecule has 0 bridgehead atoms. The predicted octanol–water partition coefficient (Wildman–Crippen LogP) is 3.29. The van der Waals surface area contributed by atoms with E-state index in [4.69, 9.17) is 14.2 Å². The Morgan fingerprint density at radius 2 is 1.79 bits per heavy atom. The Bertz CT molecular complexity index is 735. The standard InChI is InChI=1S/C23H33N3O3/c1-4-27-14-15-29-22-16-19(2)10-11-21(22)17-26-23(24-3)25-12-13-28-18-20-8-6-5-7-9-20/h5-11,16H,4,12-15,17-18H2,1-3H3,(H2,24,25,26). The van der Waals surface area contributed by atoms with E-state index in [1.54, 1.807) is 7.05 Å². The third-order valence-electron chi connectivity index (χ3n) is 4.23. The first kappa shape index (κ1) is 22.7. The lowest BCUT2D eigenvalue weighted by Gasteiger charge is -2.15. The minimum Gasteiger partial charge on any atom is -0.491 e. The van der Waals surface area contributed by atoms with Gasteiger partial charge in [-0.15, -0.1) is 0 Å². The molecule has 2 rings (SSSR count). The van der Waals surface area contributed by atoms with Crippen molar-refractivity contribution in [3.63, 3.8) is 0 Å². The van der Waals surface area contributed by atoms with Crippen molar-refractivity contribution >= 4 is 5.96 Å². The highest BCUT2D eigenvalue weighted by molar-refractivity contribution is 5.79. The monoisotopic (exact) mass is 399 g/mol. The van der Waals surface area contributed by atoms with Crippen LogP contribution >= 0.6 is 0 Å². The lowest BCUT2D eigenvalue weighted by molar-refractivity contribution is 0.110. The molecule has 0 aromatic heterocycles. The summed E-state index contributed by atoms with van der Waals surface area (Å²) in [6.45, 7) is 8.37. The van der Waals surface area contributed by atoms with Crippen molar-refractivity contribution in [2.24, 2.45) is 4.99 Å². The predicted molar refractivity (Wildman–Crippen MR) is 117 cm³/mol. The van der Waals surface area contributed by atoms with Crippen LogP contribution in [-0.2, 0) is 22.6 Å². The van der Waals surface area contributed by atoms with Gasteiger partial charge >= 0.3 is 0 Å². The first-order valence-corrected chi connectivity index (χ1v) is 10.1. The van der Waals surface area contributed by atoms with E-state index in [2.05, 4.69) is 52.9 Å². The van der Waals surface area contributed by atoms with Gasteiger partial charge in [0, 0.05) is 32.3 Å². The van der Waals surface area contributed by atoms with Gasteiger partial charge < -0.3 is 24.8 Å². The summed E-state index contributed by atoms with van der Waals surface area (Å²) in [5, 5.41) is 6.60. The second-order valence-corrected chi connectivity index (χ2v) is 6.55. The van der Waals surface area contributed by atoms with Gasteiger partial charge in [0.05, 0.1) is 19.8 Å². The molecule has 2 aromatic carbocycles. The van der Waals surface area contributed by atoms with E-state index >= 15 is 0 Å². The number of nitrogens with one attached hydrogen (secondary N) is 2. The van der Waals surface area contributed by atoms with Crippen LogP contribution in [0.15, 0.2) is 53.5 Å². The second-order valence-electron chi connectivity index (χ2n) is 6.55. The molecule has 0 unspecified atom stereocenters. The molecule has 158 valence electrons. The lowest BCUT2D eigenvalue weighted by atomic mass is 10.1. The average molecular weight is 400 g/mol. The summed E-state index contributed by atoms with van der Waals surface area (Å²) in [7, 11) is 1.76. The van der Waals surface area contributed by atoms with Gasteiger partial charge in [0.1, 0.15) is 12.4 Å². The molecule has 0 aliphatic carbocycles. The quantitative estimate of drug-likeness (QED) is 0.326. The molecule has 6 heteroatoms. The fourth-order valence-corrected chi connectivity index (χ4v) is 2.70. The number of nitrogens with zero attached hydrogens (tertiary/aromatic N) is 1. The van der Waals surface area contributed by atoms with Crippen LogP contribution in [0.3, 0.4) is 0 Å². The Kier molecular flexibility index (Phi) is 10.6. The van der Waals surface area contributed by atoms with Crippen LogP contribution in [0, 0.1) is 6.92 Å². The number of ether oxygens (including phenoxy) is 3. The van der Waals surface area contributed by atoms with Gasteiger partial charge in [-0.05, 0) is 31.0 Å². The van der Waals surface area contributed by atoms with Gasteiger partial charge in [-0.1, -0.05) is 42.5 Å². The fourth-order valence-electron chi connectivity index (χ4n) is 2.70. The van der Waals surface area contributed by atoms with Crippen LogP contribution in [0.1, 0.15) is 23.6 Å². The van der Waals surface area contributed by atoms with E-state index in [0.717, 1.165) is 17.3 Å². The van der Waals surface area contributed by atoms with Crippen molar-refractivity contribution in [1.29, 1.82) is 0 Å². The molecule has 0 heterocycles. The van der Waals surface area contributed by atoms with Gasteiger partial charge in [-0.2, -0.15) is 0 Å². The van der Waals surface area contributed by atoms with Crippen molar-refractivity contribution in [3.05, 3.63) is 65.2 Å². The number of rotatable bonds is 12. The number of aliphatic imine (C=N–C) groups is 1. The summed E-state index contributed by atoms with van der Waals surface area (Å²) in [4.78, 5) is 4.27. The highest BCUT2D eigenvalue weighted by Gasteiger charge is 2.06. The number of hydrogen-bond acceptors (Lipinski definition) is 4. The highest BCUT2D eigenvalue weighted by Crippen LogP contribution is 2.20. The van der Waals surface area contributed by atoms with Crippen LogP contribution in [0.4, 0.5) is 0 Å². The first-order chi connectivity index (χ1) is 14.2. The maximum absolute atomic E-state index is 5.90. The van der Waals surface area contributed by atoms with Crippen molar-refractivity contribution in [2.45, 2.75) is 27.0 Å². The van der Waals surface area contributed by atoms with E-state index in [-0.39, 0.29) is 0 Å². The maximum Gasteiger partial charge on any atom is 0.191 e. The molecule has 0 atom stereocenters. The van der Waals surface area contributed by atoms with Gasteiger partial charge in [-0.25, -0.2) is 0 Å². The SMILES string of the molecule is CCOCCOc1cc(C)ccc1CNC(=NC)NCCOCc1ccccc1. The largest absolute Gasteiger partial charge is 0.491 e. The average Bonchev–Trinajstić information content (AvgIpc) is 2.75. The van der Waals surface area contributed by atoms with Crippen molar-refractivity contribution in [2.75, 3.05) is 40.0 Å². The highest BCUT2D eigenvalue weighted by atomic mass is 16.5. The Balaban J connectivity index is 1.73. The summed E-state index contributed by atoms with van der Waals surface area (Å²) < 4.78 is 16.9. The third kappa shape index (κ3) is 8.98. The molecule has 0 fully saturated rings. The van der Waals surface area contributed by atoms with Gasteiger partial charge in [0.15, 0.2) is 5.96 Å². The molecular formula is C23H33N3O3. The van der Waals surface area contributed by atoms with Crippen LogP contribution in [0.25, 0.3) is 0 Å². The van der Waals surface area contributed by atoms with Gasteiger partial charge in [0.2, 0.25) is 0 Å². The van der Waals surface area contributed by atoms with E-state index in [9.17, 15) is 0 Å². The van der Waals surface area contributed by atoms with E-state index < -0.39 is 0 Å². The van der Waals surface area contributed by atoms with Crippen molar-refractivity contribution in [1.82, 2.24) is 10.6 Å². The van der Waals surface area contributed by atoms with Crippen molar-refractivity contribution in [3.8, 4) is 5.75 Å². The number of aryl methyl sites for hydroxylation is 1. The maximum atomic E-state index is 5.90. The summed E-state index contributed by atoms with van der Waals surface area (Å²) in [5.74, 6) is 1.60. The topological polar surface area (TPSA) is 64.1 Å². The molecule has 2 N–H and O–H groups in total. The molecular weight excluding hydrogens is 366 g/mol. The zero-order valence-electron chi connectivity index (χ0n) is 17.7. The first-order valence-electron chi connectivity index (χ1n) is 10.1. The molecule has 0 radical (unpaired) electrons. The molecule has 29 heavy (non-hydrogen) atoms. The summed E-state index contributed by atoms with van der Waals surface area (Å²) in [6, 6.07) is 16.4. The second kappa shape index (κ2) is 13.6. The molecule has 0 amide bonds. The Morgan fingerprint density at radius 1 is 0.966 bits per heavy atom. The Labute approximate surface area is 174 Å². The van der Waals surface area contributed by atoms with E-state index in [1.807, 2.05) is 25.1 Å². The molecule has 2 aromatic rings. The fraction of sp³-hybridized carbons (Fsp3) is 0.435. The number of benzene rings is 2. The summed E-state index contributed by atoms with van der Waals surface area (Å²) in [6.07, 6.45) is 0. The molecule has 0 spiro atoms. The van der Waals surface area contributed by atoms with E-state index in [0.29, 0.717) is 46.1 Å². The molecule has 0 aliphatic rings. The normalized spacial score (nSPS) is 11.3. The van der Waals surface area contributed by atoms with E-state index in [1.165, 1.54) is 11.1 Å². The van der Waals surface area contributed by atoms with Gasteiger partial charge in [-0.3, -0.25) is 4.99 Å². The van der Waals surface area contributed by atoms with Crippen molar-refractivity contribution < 1.29 is 14.2 Å². The minimum atomic E-state index is 0.538. The third-order valence-corrected chi connectivity index (χ3v) is 4.23. The van der Waals surface area contributed by atoms with Crippen LogP contribution in [0.2, 0.25) is 0 Å². The van der Waals surface area contributed by atoms with Crippen LogP contribution < -0.4 is 15.4 Å². The Morgan fingerprint density at radius 3 is 2.55 bits per heavy atom. The smallest absolute Gasteiger partial charge is 0.191 e. The minimum absolute atomic E-state index is 0.538. The molecule has 6 nitrogen and oxygen atoms in total. The zero-order chi connectivity index (χ0) is 20.7. The van der Waals surface area contributed by atoms with Gasteiger partial charge in [0.25, 0.3) is 0 Å². The molecule has 0 saturated heterocycles. The molecule has 0 saturated carbocycles. The Hall–Kier alpha value is -2.57.